The van der Waals surface area contributed by atoms with E-state index < -0.39 is 30.3 Å². The predicted octanol–water partition coefficient (Wildman–Crippen LogP) is 6.07. The maximum Gasteiger partial charge on any atom is 0.251 e. The second-order valence-electron chi connectivity index (χ2n) is 14.9. The van der Waals surface area contributed by atoms with Crippen LogP contribution >= 0.6 is 0 Å². The number of hydrogen-bond donors (Lipinski definition) is 8. The van der Waals surface area contributed by atoms with Crippen LogP contribution in [0.15, 0.2) is 0 Å². The lowest BCUT2D eigenvalue weighted by Crippen LogP contribution is -2.50. The molecule has 0 heterocycles. The van der Waals surface area contributed by atoms with Crippen LogP contribution in [0.4, 0.5) is 0 Å². The Morgan fingerprint density at radius 2 is 1.00 bits per heavy atom. The molecule has 10 N–H and O–H groups in total. The summed E-state index contributed by atoms with van der Waals surface area (Å²) in [6, 6.07) is 0. The van der Waals surface area contributed by atoms with E-state index in [9.17, 15) is 25.2 Å². The number of hydrazine groups is 1. The Kier molecular flexibility index (Phi) is 35.9. The van der Waals surface area contributed by atoms with Crippen LogP contribution in [-0.4, -0.2) is 95.0 Å². The van der Waals surface area contributed by atoms with Gasteiger partial charge in [0.25, 0.3) is 5.91 Å². The number of carbonyl (C=O) groups is 1. The number of rotatable bonds is 39. The van der Waals surface area contributed by atoms with Crippen LogP contribution in [0.1, 0.15) is 181 Å². The van der Waals surface area contributed by atoms with Crippen LogP contribution in [0, 0.1) is 5.92 Å². The Morgan fingerprint density at radius 3 is 1.48 bits per heavy atom. The molecule has 0 saturated heterocycles. The maximum atomic E-state index is 11.9. The first-order valence-electron chi connectivity index (χ1n) is 21.2. The van der Waals surface area contributed by atoms with Gasteiger partial charge in [-0.15, -0.1) is 0 Å². The summed E-state index contributed by atoms with van der Waals surface area (Å²) in [4.78, 5) is 11.9. The van der Waals surface area contributed by atoms with E-state index in [2.05, 4.69) is 22.7 Å². The topological polar surface area (TPSA) is 177 Å². The van der Waals surface area contributed by atoms with Crippen LogP contribution in [-0.2, 0) is 4.79 Å². The van der Waals surface area contributed by atoms with Crippen LogP contribution in [0.5, 0.6) is 0 Å². The predicted molar refractivity (Wildman–Crippen MR) is 210 cm³/mol. The minimum atomic E-state index is -1.75. The number of nitrogens with one attached hydrogen (secondary N) is 2. The molecule has 0 spiro atoms. The standard InChI is InChI=1S/C40H85N5O5/c1-3-4-33-45(44-32-25-30-42)34-24-28-36(27-21-19-22-29-41)26-20-17-15-13-11-9-7-5-6-8-10-12-14-16-18-23-31-43-40(50)39(49)38(48)37(47)35(2)46/h35-39,44,46-49H,3-34,41-42H2,1-2H3,(H,43,50)/t35-,36?,37-,38+,39-/m1/s1. The summed E-state index contributed by atoms with van der Waals surface area (Å²) in [5.41, 5.74) is 15.1. The van der Waals surface area contributed by atoms with Gasteiger partial charge in [0.05, 0.1) is 6.10 Å². The zero-order valence-electron chi connectivity index (χ0n) is 32.8. The maximum absolute atomic E-state index is 11.9. The van der Waals surface area contributed by atoms with Gasteiger partial charge in [0.1, 0.15) is 12.2 Å². The number of nitrogens with two attached hydrogens (primary N) is 2. The van der Waals surface area contributed by atoms with Gasteiger partial charge in [-0.25, -0.2) is 5.01 Å². The highest BCUT2D eigenvalue weighted by Crippen LogP contribution is 2.23. The first-order valence-corrected chi connectivity index (χ1v) is 21.2. The average Bonchev–Trinajstić information content (AvgIpc) is 3.11. The van der Waals surface area contributed by atoms with Crippen molar-refractivity contribution in [1.29, 1.82) is 0 Å². The minimum absolute atomic E-state index is 0.428. The molecule has 1 amide bonds. The van der Waals surface area contributed by atoms with Gasteiger partial charge in [-0.3, -0.25) is 10.2 Å². The molecule has 0 aromatic heterocycles. The van der Waals surface area contributed by atoms with Gasteiger partial charge in [0, 0.05) is 26.2 Å². The first-order chi connectivity index (χ1) is 24.3. The van der Waals surface area contributed by atoms with Gasteiger partial charge in [-0.05, 0) is 64.5 Å². The third-order valence-corrected chi connectivity index (χ3v) is 10.1. The Balaban J connectivity index is 3.79. The van der Waals surface area contributed by atoms with Crippen molar-refractivity contribution < 1.29 is 25.2 Å². The van der Waals surface area contributed by atoms with Crippen LogP contribution < -0.4 is 22.2 Å². The lowest BCUT2D eigenvalue weighted by molar-refractivity contribution is -0.145. The molecule has 0 aliphatic carbocycles. The number of aliphatic hydroxyl groups excluding tert-OH is 4. The van der Waals surface area contributed by atoms with Gasteiger partial charge >= 0.3 is 0 Å². The second kappa shape index (κ2) is 36.5. The molecule has 50 heavy (non-hydrogen) atoms. The highest BCUT2D eigenvalue weighted by atomic mass is 16.4. The van der Waals surface area contributed by atoms with Crippen molar-refractivity contribution in [1.82, 2.24) is 15.8 Å². The molecular formula is C40H85N5O5. The summed E-state index contributed by atoms with van der Waals surface area (Å²) in [6.45, 7) is 8.84. The summed E-state index contributed by atoms with van der Waals surface area (Å²) in [6.07, 6.45) is 26.9. The number of hydrogen-bond acceptors (Lipinski definition) is 9. The van der Waals surface area contributed by atoms with Crippen LogP contribution in [0.25, 0.3) is 0 Å². The van der Waals surface area contributed by atoms with E-state index in [4.69, 9.17) is 11.5 Å². The molecule has 0 rings (SSSR count). The SMILES string of the molecule is CCCCN(CCCC(CCCCCN)CCCCCCCCCCCCCCCCCCNC(=O)[C@H](O)[C@@H](O)[C@H](O)[C@@H](C)O)NCCCN. The summed E-state index contributed by atoms with van der Waals surface area (Å²) in [7, 11) is 0. The lowest BCUT2D eigenvalue weighted by Gasteiger charge is -2.24. The van der Waals surface area contributed by atoms with Gasteiger partial charge in [0.15, 0.2) is 6.10 Å². The normalized spacial score (nSPS) is 14.9. The smallest absolute Gasteiger partial charge is 0.251 e. The fourth-order valence-electron chi connectivity index (χ4n) is 6.69. The first kappa shape index (κ1) is 49.1. The van der Waals surface area contributed by atoms with Crippen LogP contribution in [0.3, 0.4) is 0 Å². The molecule has 0 aliphatic rings. The zero-order chi connectivity index (χ0) is 37.1. The molecule has 0 aliphatic heterocycles. The molecule has 0 bridgehead atoms. The van der Waals surface area contributed by atoms with Crippen molar-refractivity contribution in [3.8, 4) is 0 Å². The van der Waals surface area contributed by atoms with E-state index >= 15 is 0 Å². The third kappa shape index (κ3) is 29.7. The van der Waals surface area contributed by atoms with Gasteiger partial charge in [0.2, 0.25) is 0 Å². The Hall–Kier alpha value is -0.850. The minimum Gasteiger partial charge on any atom is -0.391 e. The van der Waals surface area contributed by atoms with Gasteiger partial charge in [-0.2, -0.15) is 0 Å². The van der Waals surface area contributed by atoms with Gasteiger partial charge in [-0.1, -0.05) is 135 Å². The molecule has 10 nitrogen and oxygen atoms in total. The molecule has 10 heteroatoms. The zero-order valence-corrected chi connectivity index (χ0v) is 32.8. The van der Waals surface area contributed by atoms with E-state index in [-0.39, 0.29) is 0 Å². The van der Waals surface area contributed by atoms with E-state index in [1.54, 1.807) is 0 Å². The fourth-order valence-corrected chi connectivity index (χ4v) is 6.69. The monoisotopic (exact) mass is 716 g/mol. The number of amides is 1. The van der Waals surface area contributed by atoms with Crippen molar-refractivity contribution in [2.24, 2.45) is 17.4 Å². The summed E-state index contributed by atoms with van der Waals surface area (Å²) >= 11 is 0. The van der Waals surface area contributed by atoms with E-state index in [0.717, 1.165) is 70.7 Å². The summed E-state index contributed by atoms with van der Waals surface area (Å²) in [5.74, 6) is 0.146. The summed E-state index contributed by atoms with van der Waals surface area (Å²) < 4.78 is 0. The van der Waals surface area contributed by atoms with Crippen molar-refractivity contribution in [2.45, 2.75) is 205 Å². The molecule has 0 fully saturated rings. The van der Waals surface area contributed by atoms with Gasteiger partial charge < -0.3 is 37.2 Å². The number of nitrogens with zero attached hydrogens (tertiary/aromatic N) is 1. The van der Waals surface area contributed by atoms with E-state index in [0.29, 0.717) is 6.54 Å². The van der Waals surface area contributed by atoms with E-state index in [1.165, 1.54) is 142 Å². The molecule has 300 valence electrons. The molecule has 0 radical (unpaired) electrons. The summed E-state index contributed by atoms with van der Waals surface area (Å²) in [5, 5.41) is 43.5. The fraction of sp³-hybridized carbons (Fsp3) is 0.975. The number of unbranched alkanes of at least 4 members (excludes halogenated alkanes) is 18. The lowest BCUT2D eigenvalue weighted by atomic mass is 9.90. The molecular weight excluding hydrogens is 630 g/mol. The van der Waals surface area contributed by atoms with E-state index in [1.807, 2.05) is 0 Å². The van der Waals surface area contributed by atoms with Crippen molar-refractivity contribution in [3.63, 3.8) is 0 Å². The molecule has 0 aromatic carbocycles. The number of aliphatic hydroxyl groups is 4. The molecule has 1 unspecified atom stereocenters. The third-order valence-electron chi connectivity index (χ3n) is 10.1. The Morgan fingerprint density at radius 1 is 0.560 bits per heavy atom. The van der Waals surface area contributed by atoms with Crippen molar-refractivity contribution in [3.05, 3.63) is 0 Å². The highest BCUT2D eigenvalue weighted by Gasteiger charge is 2.32. The molecule has 0 aromatic rings. The largest absolute Gasteiger partial charge is 0.391 e. The van der Waals surface area contributed by atoms with Crippen LogP contribution in [0.2, 0.25) is 0 Å². The average molecular weight is 716 g/mol. The second-order valence-corrected chi connectivity index (χ2v) is 14.9. The highest BCUT2D eigenvalue weighted by molar-refractivity contribution is 5.81. The Labute approximate surface area is 308 Å². The quantitative estimate of drug-likeness (QED) is 0.0277. The van der Waals surface area contributed by atoms with Crippen molar-refractivity contribution in [2.75, 3.05) is 39.3 Å². The molecule has 0 saturated carbocycles. The molecule has 5 atom stereocenters. The van der Waals surface area contributed by atoms with Crippen molar-refractivity contribution >= 4 is 5.91 Å². The number of carbonyl (C=O) groups excluding carboxylic acids is 1. The Bertz CT molecular complexity index is 720.